The molecular formula is C31H26ClFN4O2. The van der Waals surface area contributed by atoms with E-state index < -0.39 is 11.9 Å². The zero-order valence-electron chi connectivity index (χ0n) is 21.2. The van der Waals surface area contributed by atoms with Gasteiger partial charge < -0.3 is 15.4 Å². The predicted molar refractivity (Wildman–Crippen MR) is 153 cm³/mol. The van der Waals surface area contributed by atoms with Gasteiger partial charge in [-0.1, -0.05) is 35.9 Å². The summed E-state index contributed by atoms with van der Waals surface area (Å²) in [6.45, 7) is 0. The van der Waals surface area contributed by atoms with Crippen molar-refractivity contribution in [2.24, 2.45) is 4.99 Å². The molecule has 0 aliphatic carbocycles. The number of aromatic amines is 1. The second-order valence-electron chi connectivity index (χ2n) is 9.27. The van der Waals surface area contributed by atoms with Crippen LogP contribution < -0.4 is 5.32 Å². The fraction of sp³-hybridized carbons (Fsp3) is 0.129. The first-order valence-corrected chi connectivity index (χ1v) is 12.8. The van der Waals surface area contributed by atoms with Crippen molar-refractivity contribution in [3.05, 3.63) is 118 Å². The molecule has 5 aromatic rings. The SMILES string of the molecule is CN=Cc1cccc(-c2cccnc2[C@H](Cc2cc(F)cc(Cl)c2)NC(=O)Cc2c[nH]c3ccc(O)cc23)c1. The van der Waals surface area contributed by atoms with Gasteiger partial charge in [-0.25, -0.2) is 4.39 Å². The van der Waals surface area contributed by atoms with Gasteiger partial charge in [0.25, 0.3) is 0 Å². The van der Waals surface area contributed by atoms with Crippen LogP contribution in [0.4, 0.5) is 4.39 Å². The number of pyridine rings is 1. The molecule has 3 N–H and O–H groups in total. The number of nitrogens with zero attached hydrogens (tertiary/aromatic N) is 2. The fourth-order valence-electron chi connectivity index (χ4n) is 4.79. The first kappa shape index (κ1) is 26.1. The lowest BCUT2D eigenvalue weighted by atomic mass is 9.94. The smallest absolute Gasteiger partial charge is 0.225 e. The summed E-state index contributed by atoms with van der Waals surface area (Å²) in [4.78, 5) is 25.3. The summed E-state index contributed by atoms with van der Waals surface area (Å²) in [6.07, 6.45) is 5.56. The number of aromatic hydroxyl groups is 1. The Morgan fingerprint density at radius 3 is 2.85 bits per heavy atom. The number of fused-ring (bicyclic) bond motifs is 1. The number of hydrogen-bond donors (Lipinski definition) is 3. The number of carbonyl (C=O) groups is 1. The van der Waals surface area contributed by atoms with Crippen molar-refractivity contribution < 1.29 is 14.3 Å². The van der Waals surface area contributed by atoms with Crippen LogP contribution >= 0.6 is 11.6 Å². The minimum Gasteiger partial charge on any atom is -0.508 e. The van der Waals surface area contributed by atoms with E-state index in [2.05, 4.69) is 20.3 Å². The van der Waals surface area contributed by atoms with E-state index in [-0.39, 0.29) is 29.5 Å². The molecule has 0 saturated carbocycles. The minimum absolute atomic E-state index is 0.0779. The maximum Gasteiger partial charge on any atom is 0.225 e. The van der Waals surface area contributed by atoms with E-state index in [1.54, 1.807) is 49.9 Å². The topological polar surface area (TPSA) is 90.4 Å². The molecule has 3 aromatic carbocycles. The monoisotopic (exact) mass is 540 g/mol. The normalized spacial score (nSPS) is 12.2. The third kappa shape index (κ3) is 6.16. The molecule has 0 unspecified atom stereocenters. The number of phenols is 1. The number of phenolic OH excluding ortho intramolecular Hbond substituents is 1. The molecule has 0 aliphatic heterocycles. The van der Waals surface area contributed by atoms with Gasteiger partial charge in [0.05, 0.1) is 18.2 Å². The highest BCUT2D eigenvalue weighted by Crippen LogP contribution is 2.30. The van der Waals surface area contributed by atoms with Gasteiger partial charge in [0.15, 0.2) is 0 Å². The van der Waals surface area contributed by atoms with Gasteiger partial charge in [0, 0.05) is 47.1 Å². The first-order chi connectivity index (χ1) is 18.9. The number of benzene rings is 3. The van der Waals surface area contributed by atoms with Crippen molar-refractivity contribution >= 4 is 34.6 Å². The highest BCUT2D eigenvalue weighted by Gasteiger charge is 2.22. The fourth-order valence-corrected chi connectivity index (χ4v) is 5.03. The molecule has 2 heterocycles. The standard InChI is InChI=1S/C31H26ClFN4O2/c1-34-17-19-4-2-5-21(10-19)26-6-3-9-35-31(26)29(13-20-11-23(32)15-24(33)12-20)37-30(39)14-22-18-36-28-8-7-25(38)16-27(22)28/h2-12,15-18,29,36,38H,13-14H2,1H3,(H,37,39)/t29-/m0/s1. The molecule has 0 saturated heterocycles. The van der Waals surface area contributed by atoms with Crippen molar-refractivity contribution in [3.63, 3.8) is 0 Å². The van der Waals surface area contributed by atoms with Crippen molar-refractivity contribution in [2.45, 2.75) is 18.9 Å². The van der Waals surface area contributed by atoms with E-state index >= 15 is 0 Å². The maximum absolute atomic E-state index is 14.2. The zero-order chi connectivity index (χ0) is 27.4. The second-order valence-corrected chi connectivity index (χ2v) is 9.71. The molecule has 1 amide bonds. The number of hydrogen-bond acceptors (Lipinski definition) is 4. The van der Waals surface area contributed by atoms with E-state index in [0.29, 0.717) is 11.3 Å². The van der Waals surface area contributed by atoms with Gasteiger partial charge in [0.1, 0.15) is 11.6 Å². The van der Waals surface area contributed by atoms with Crippen LogP contribution in [-0.2, 0) is 17.6 Å². The van der Waals surface area contributed by atoms with Gasteiger partial charge in [-0.2, -0.15) is 0 Å². The van der Waals surface area contributed by atoms with Crippen LogP contribution in [0, 0.1) is 5.82 Å². The number of halogens is 2. The van der Waals surface area contributed by atoms with E-state index in [9.17, 15) is 14.3 Å². The third-order valence-electron chi connectivity index (χ3n) is 6.44. The number of nitrogens with one attached hydrogen (secondary N) is 2. The molecule has 1 atom stereocenters. The summed E-state index contributed by atoms with van der Waals surface area (Å²) < 4.78 is 14.2. The lowest BCUT2D eigenvalue weighted by molar-refractivity contribution is -0.121. The van der Waals surface area contributed by atoms with Crippen molar-refractivity contribution in [1.29, 1.82) is 0 Å². The second kappa shape index (κ2) is 11.5. The van der Waals surface area contributed by atoms with E-state index in [4.69, 9.17) is 11.6 Å². The largest absolute Gasteiger partial charge is 0.508 e. The molecule has 39 heavy (non-hydrogen) atoms. The van der Waals surface area contributed by atoms with Crippen LogP contribution in [0.3, 0.4) is 0 Å². The third-order valence-corrected chi connectivity index (χ3v) is 6.66. The summed E-state index contributed by atoms with van der Waals surface area (Å²) in [5.41, 5.74) is 5.54. The Balaban J connectivity index is 1.51. The average molecular weight is 541 g/mol. The average Bonchev–Trinajstić information content (AvgIpc) is 3.29. The van der Waals surface area contributed by atoms with Crippen LogP contribution in [0.5, 0.6) is 5.75 Å². The lowest BCUT2D eigenvalue weighted by Crippen LogP contribution is -2.32. The summed E-state index contributed by atoms with van der Waals surface area (Å²) in [5.74, 6) is -0.567. The van der Waals surface area contributed by atoms with Crippen LogP contribution in [0.1, 0.15) is 28.4 Å². The molecular weight excluding hydrogens is 515 g/mol. The van der Waals surface area contributed by atoms with Crippen molar-refractivity contribution in [3.8, 4) is 16.9 Å². The Hall–Kier alpha value is -4.49. The lowest BCUT2D eigenvalue weighted by Gasteiger charge is -2.22. The van der Waals surface area contributed by atoms with Gasteiger partial charge in [-0.05, 0) is 77.2 Å². The number of rotatable bonds is 8. The molecule has 6 nitrogen and oxygen atoms in total. The van der Waals surface area contributed by atoms with E-state index in [1.165, 1.54) is 12.1 Å². The van der Waals surface area contributed by atoms with Crippen molar-refractivity contribution in [2.75, 3.05) is 7.05 Å². The van der Waals surface area contributed by atoms with Crippen LogP contribution in [0.15, 0.2) is 90.2 Å². The number of carbonyl (C=O) groups excluding carboxylic acids is 1. The Kier molecular flexibility index (Phi) is 7.70. The number of aliphatic imine (C=N–C) groups is 1. The Morgan fingerprint density at radius 2 is 2.03 bits per heavy atom. The predicted octanol–water partition coefficient (Wildman–Crippen LogP) is 6.42. The molecule has 5 rings (SSSR count). The summed E-state index contributed by atoms with van der Waals surface area (Å²) in [7, 11) is 1.72. The summed E-state index contributed by atoms with van der Waals surface area (Å²) in [5, 5.41) is 14.1. The molecule has 0 radical (unpaired) electrons. The van der Waals surface area contributed by atoms with Crippen molar-refractivity contribution in [1.82, 2.24) is 15.3 Å². The molecule has 0 aliphatic rings. The van der Waals surface area contributed by atoms with Gasteiger partial charge in [-0.15, -0.1) is 0 Å². The maximum atomic E-state index is 14.2. The summed E-state index contributed by atoms with van der Waals surface area (Å²) >= 11 is 6.14. The Labute approximate surface area is 230 Å². The number of H-pyrrole nitrogens is 1. The van der Waals surface area contributed by atoms with E-state index in [1.807, 2.05) is 36.4 Å². The Bertz CT molecular complexity index is 1660. The molecule has 0 spiro atoms. The van der Waals surface area contributed by atoms with Crippen LogP contribution in [0.25, 0.3) is 22.0 Å². The number of amides is 1. The quantitative estimate of drug-likeness (QED) is 0.198. The highest BCUT2D eigenvalue weighted by atomic mass is 35.5. The van der Waals surface area contributed by atoms with E-state index in [0.717, 1.165) is 33.2 Å². The van der Waals surface area contributed by atoms with Crippen LogP contribution in [0.2, 0.25) is 5.02 Å². The first-order valence-electron chi connectivity index (χ1n) is 12.4. The molecule has 8 heteroatoms. The molecule has 2 aromatic heterocycles. The van der Waals surface area contributed by atoms with Gasteiger partial charge in [0.2, 0.25) is 5.91 Å². The van der Waals surface area contributed by atoms with Gasteiger partial charge in [-0.3, -0.25) is 14.8 Å². The minimum atomic E-state index is -0.575. The molecule has 196 valence electrons. The molecule has 0 fully saturated rings. The van der Waals surface area contributed by atoms with Crippen LogP contribution in [-0.4, -0.2) is 34.2 Å². The Morgan fingerprint density at radius 1 is 1.15 bits per heavy atom. The summed E-state index contributed by atoms with van der Waals surface area (Å²) in [6, 6.07) is 20.4. The number of aromatic nitrogens is 2. The highest BCUT2D eigenvalue weighted by molar-refractivity contribution is 6.30. The zero-order valence-corrected chi connectivity index (χ0v) is 21.9. The van der Waals surface area contributed by atoms with Gasteiger partial charge >= 0.3 is 0 Å². The molecule has 0 bridgehead atoms.